The van der Waals surface area contributed by atoms with E-state index in [1.165, 1.54) is 0 Å². The van der Waals surface area contributed by atoms with Gasteiger partial charge >= 0.3 is 576 Å². The molecule has 10 heteroatoms. The fraction of sp³-hybridized carbons (Fsp3) is 0. The summed E-state index contributed by atoms with van der Waals surface area (Å²) in [5.41, 5.74) is 13.6. The van der Waals surface area contributed by atoms with Crippen molar-refractivity contribution in [3.8, 4) is 44.5 Å². The fourth-order valence-corrected chi connectivity index (χ4v) is 24.6. The van der Waals surface area contributed by atoms with Crippen LogP contribution in [0.4, 0.5) is 11.6 Å². The summed E-state index contributed by atoms with van der Waals surface area (Å²) in [7, 11) is 0. The first-order valence-corrected chi connectivity index (χ1v) is 41.1. The first-order chi connectivity index (χ1) is 48.5. The molecular weight excluding hydrogens is 1320 g/mol. The second-order valence-corrected chi connectivity index (χ2v) is 33.7. The molecule has 0 amide bonds. The zero-order valence-corrected chi connectivity index (χ0v) is 56.3. The van der Waals surface area contributed by atoms with Crippen LogP contribution in [0, 0.1) is 0 Å². The van der Waals surface area contributed by atoms with E-state index < -0.39 is 14.7 Å². The zero-order chi connectivity index (χ0) is 64.0. The number of amidine groups is 4. The van der Waals surface area contributed by atoms with E-state index in [1.54, 1.807) is 0 Å². The molecule has 0 saturated carbocycles. The summed E-state index contributed by atoms with van der Waals surface area (Å²) < 4.78 is 4.98. The van der Waals surface area contributed by atoms with Crippen LogP contribution in [-0.2, 0) is 0 Å². The van der Waals surface area contributed by atoms with E-state index in [0.717, 1.165) is 197 Å². The molecule has 450 valence electrons. The Hall–Kier alpha value is -11.9. The minimum atomic E-state index is -3.95. The molecule has 2 aromatic heterocycles. The van der Waals surface area contributed by atoms with Gasteiger partial charge in [0.25, 0.3) is 0 Å². The summed E-state index contributed by atoms with van der Waals surface area (Å²) >= 11 is 0.916. The van der Waals surface area contributed by atoms with E-state index in [4.69, 9.17) is 43.5 Å². The van der Waals surface area contributed by atoms with Crippen molar-refractivity contribution in [2.45, 2.75) is 0 Å². The number of nitrogens with zero attached hydrogens (tertiary/aromatic N) is 8. The first kappa shape index (κ1) is 54.3. The van der Waals surface area contributed by atoms with Crippen molar-refractivity contribution in [1.82, 2.24) is 6.55 Å². The van der Waals surface area contributed by atoms with E-state index in [2.05, 4.69) is 298 Å². The van der Waals surface area contributed by atoms with E-state index >= 15 is 0 Å². The molecule has 22 rings (SSSR count). The second kappa shape index (κ2) is 20.5. The number of rotatable bonds is 4. The Morgan fingerprint density at radius 1 is 0.224 bits per heavy atom. The Morgan fingerprint density at radius 2 is 0.561 bits per heavy atom. The third-order valence-electron chi connectivity index (χ3n) is 20.8. The molecule has 0 saturated heterocycles. The molecule has 0 fully saturated rings. The molecule has 0 radical (unpaired) electrons. The molecule has 6 heterocycles. The van der Waals surface area contributed by atoms with Gasteiger partial charge < -0.3 is 0 Å². The summed E-state index contributed by atoms with van der Waals surface area (Å²) in [4.78, 5) is 36.8. The normalized spacial score (nSPS) is 13.7. The average molecular weight is 1370 g/mol. The maximum absolute atomic E-state index is 6.25. The van der Waals surface area contributed by atoms with Gasteiger partial charge in [-0.1, -0.05) is 0 Å². The standard InChI is InChI=1S/C88H48N8.BrH.Ga/c1-5-25-53(26-6-1)73-69-57(41-37-49-21-13-17-33-61(49)69)45-65-77(73)85-89-81(65)94-86-79-67(47-59-43-39-51-23-15-19-35-63(51)71(59)75(79)55-29-9-3-10-30-55)83(91-86)96-88-80-68(48-60-44-40-52-24-16-20-36-64(52)72(60)76(80)56-31-11-4-12-32-56)84(92-88)95-87-78-66(82(90-87)93-85)46-58-42-38-50-22-14-18-34-62(50)70(58)74(78)54-27-7-2-8-28-54;;/h1-48H;1H;/q-2;;+3/p-1. The zero-order valence-electron chi connectivity index (χ0n) is 52.2. The molecule has 4 aliphatic rings. The van der Waals surface area contributed by atoms with Gasteiger partial charge in [0.15, 0.2) is 0 Å². The Kier molecular flexibility index (Phi) is 11.4. The quantitative estimate of drug-likeness (QED) is 0.124. The molecule has 0 spiro atoms. The average Bonchev–Trinajstić information content (AvgIpc) is 1.52. The van der Waals surface area contributed by atoms with Crippen LogP contribution in [0.3, 0.4) is 0 Å². The monoisotopic (exact) mass is 1360 g/mol. The number of aromatic nitrogens is 2. The van der Waals surface area contributed by atoms with E-state index in [9.17, 15) is 0 Å². The molecule has 0 N–H and O–H groups in total. The van der Waals surface area contributed by atoms with Gasteiger partial charge in [-0.25, -0.2) is 0 Å². The molecule has 98 heavy (non-hydrogen) atoms. The molecule has 6 bridgehead atoms. The van der Waals surface area contributed by atoms with Crippen molar-refractivity contribution in [1.29, 1.82) is 0 Å². The van der Waals surface area contributed by atoms with Crippen molar-refractivity contribution in [2.75, 3.05) is 0 Å². The number of hydrogen-bond donors (Lipinski definition) is 0. The van der Waals surface area contributed by atoms with Gasteiger partial charge in [-0.3, -0.25) is 0 Å². The predicted octanol–water partition coefficient (Wildman–Crippen LogP) is 21.2. The molecule has 4 aliphatic heterocycles. The van der Waals surface area contributed by atoms with E-state index in [-0.39, 0.29) is 0 Å². The SMILES string of the molecule is [Br][Ga]1[n]2c3c4cc5ccc6ccccc6c5c(-c5ccccc5)c4c2N=C2N=C(N=c4c5cc6ccc7ccccc7c6c(-c6ccccc6)c5c([n]41)=NC1=NC(=N3)c3c1cc1ccc4ccccc4c1c3-c1ccccc1)c1c2cc2ccc3ccccc3c2c1-c1ccccc1. The number of hydrogen-bond acceptors (Lipinski definition) is 6. The summed E-state index contributed by atoms with van der Waals surface area (Å²) in [6.45, 7) is 0. The number of fused-ring (bicyclic) bond motifs is 26. The molecule has 8 nitrogen and oxygen atoms in total. The van der Waals surface area contributed by atoms with Crippen molar-refractivity contribution in [3.63, 3.8) is 0 Å². The second-order valence-electron chi connectivity index (χ2n) is 26.0. The molecule has 0 aliphatic carbocycles. The summed E-state index contributed by atoms with van der Waals surface area (Å²) in [6.07, 6.45) is 0. The van der Waals surface area contributed by atoms with Crippen LogP contribution in [0.2, 0.25) is 0 Å². The van der Waals surface area contributed by atoms with Gasteiger partial charge in [-0.15, -0.1) is 0 Å². The number of halogens is 1. The Balaban J connectivity index is 1.02. The third-order valence-corrected chi connectivity index (χ3v) is 28.9. The minimum absolute atomic E-state index is 0.574. The van der Waals surface area contributed by atoms with Gasteiger partial charge in [-0.2, -0.15) is 0 Å². The topological polar surface area (TPSA) is 84.0 Å². The van der Waals surface area contributed by atoms with Crippen LogP contribution in [0.1, 0.15) is 22.3 Å². The van der Waals surface area contributed by atoms with Crippen LogP contribution < -0.4 is 11.0 Å². The van der Waals surface area contributed by atoms with Gasteiger partial charge in [0.05, 0.1) is 0 Å². The first-order valence-electron chi connectivity index (χ1n) is 33.2. The van der Waals surface area contributed by atoms with Gasteiger partial charge in [-0.05, 0) is 0 Å². The molecule has 18 aromatic rings. The summed E-state index contributed by atoms with van der Waals surface area (Å²) in [6, 6.07) is 106. The van der Waals surface area contributed by atoms with Crippen molar-refractivity contribution in [3.05, 3.63) is 324 Å². The van der Waals surface area contributed by atoms with Crippen LogP contribution in [0.15, 0.2) is 321 Å². The van der Waals surface area contributed by atoms with Crippen LogP contribution >= 0.6 is 13.6 Å². The van der Waals surface area contributed by atoms with E-state index in [1.807, 2.05) is 0 Å². The van der Waals surface area contributed by atoms with Crippen LogP contribution in [0.25, 0.3) is 152 Å². The number of benzene rings is 16. The predicted molar refractivity (Wildman–Crippen MR) is 412 cm³/mol. The molecular formula is C88H48BrGaN8. The van der Waals surface area contributed by atoms with Gasteiger partial charge in [0, 0.05) is 0 Å². The molecule has 0 unspecified atom stereocenters. The third kappa shape index (κ3) is 7.61. The molecule has 0 atom stereocenters. The summed E-state index contributed by atoms with van der Waals surface area (Å²) in [5.74, 6) is 3.78. The number of aliphatic imine (C=N–C) groups is 4. The van der Waals surface area contributed by atoms with Crippen molar-refractivity contribution in [2.24, 2.45) is 30.0 Å². The Labute approximate surface area is 572 Å². The molecule has 16 aromatic carbocycles. The Morgan fingerprint density at radius 3 is 1.03 bits per heavy atom. The van der Waals surface area contributed by atoms with Gasteiger partial charge in [0.2, 0.25) is 0 Å². The Bertz CT molecular complexity index is 6970. The maximum atomic E-state index is 6.25. The summed E-state index contributed by atoms with van der Waals surface area (Å²) in [5, 5.41) is 21.9. The van der Waals surface area contributed by atoms with Gasteiger partial charge in [0.1, 0.15) is 0 Å². The van der Waals surface area contributed by atoms with Crippen LogP contribution in [0.5, 0.6) is 0 Å². The van der Waals surface area contributed by atoms with Crippen molar-refractivity contribution >= 4 is 171 Å². The fourth-order valence-electron chi connectivity index (χ4n) is 16.7. The van der Waals surface area contributed by atoms with Crippen molar-refractivity contribution < 1.29 is 0 Å². The van der Waals surface area contributed by atoms with E-state index in [0.29, 0.717) is 23.3 Å². The van der Waals surface area contributed by atoms with Crippen LogP contribution in [-0.4, -0.2) is 44.6 Å².